The van der Waals surface area contributed by atoms with Crippen molar-refractivity contribution in [2.75, 3.05) is 13.1 Å². The molecule has 0 saturated carbocycles. The summed E-state index contributed by atoms with van der Waals surface area (Å²) in [5.41, 5.74) is 2.05. The minimum absolute atomic E-state index is 0.675. The summed E-state index contributed by atoms with van der Waals surface area (Å²) in [6.07, 6.45) is 6.62. The molecule has 0 aliphatic carbocycles. The summed E-state index contributed by atoms with van der Waals surface area (Å²) in [7, 11) is 0. The fourth-order valence-corrected chi connectivity index (χ4v) is 3.68. The van der Waals surface area contributed by atoms with Gasteiger partial charge in [-0.1, -0.05) is 18.6 Å². The first-order valence-corrected chi connectivity index (χ1v) is 7.83. The Morgan fingerprint density at radius 2 is 2.20 bits per heavy atom. The van der Waals surface area contributed by atoms with Gasteiger partial charge in [-0.15, -0.1) is 0 Å². The van der Waals surface area contributed by atoms with Gasteiger partial charge in [0.1, 0.15) is 0 Å². The maximum Gasteiger partial charge on any atom is 0.0991 e. The Labute approximate surface area is 121 Å². The minimum Gasteiger partial charge on any atom is -0.312 e. The normalized spacial score (nSPS) is 27.4. The lowest BCUT2D eigenvalue weighted by atomic mass is 9.94. The summed E-state index contributed by atoms with van der Waals surface area (Å²) in [4.78, 5) is 2.63. The molecular weight excluding hydrogens is 246 g/mol. The van der Waals surface area contributed by atoms with Crippen LogP contribution in [0.3, 0.4) is 0 Å². The highest BCUT2D eigenvalue weighted by Crippen LogP contribution is 2.25. The number of nitrogens with one attached hydrogen (secondary N) is 1. The van der Waals surface area contributed by atoms with Crippen LogP contribution >= 0.6 is 0 Å². The Balaban J connectivity index is 1.71. The van der Waals surface area contributed by atoms with Crippen LogP contribution in [0.25, 0.3) is 0 Å². The number of nitrogens with zero attached hydrogens (tertiary/aromatic N) is 2. The van der Waals surface area contributed by atoms with Crippen molar-refractivity contribution in [2.45, 2.75) is 50.7 Å². The van der Waals surface area contributed by atoms with Crippen LogP contribution in [-0.4, -0.2) is 30.1 Å². The van der Waals surface area contributed by atoms with Gasteiger partial charge in [0.25, 0.3) is 0 Å². The first-order chi connectivity index (χ1) is 9.86. The molecule has 2 atom stereocenters. The zero-order chi connectivity index (χ0) is 13.8. The quantitative estimate of drug-likeness (QED) is 0.917. The monoisotopic (exact) mass is 269 g/mol. The van der Waals surface area contributed by atoms with Gasteiger partial charge in [0.15, 0.2) is 0 Å². The fraction of sp³-hybridized carbons (Fsp3) is 0.588. The zero-order valence-electron chi connectivity index (χ0n) is 12.0. The molecule has 2 aliphatic heterocycles. The van der Waals surface area contributed by atoms with E-state index in [2.05, 4.69) is 22.4 Å². The highest BCUT2D eigenvalue weighted by molar-refractivity contribution is 5.32. The van der Waals surface area contributed by atoms with E-state index in [9.17, 15) is 0 Å². The molecule has 3 rings (SSSR count). The lowest BCUT2D eigenvalue weighted by molar-refractivity contribution is 0.112. The van der Waals surface area contributed by atoms with Crippen molar-refractivity contribution in [2.24, 2.45) is 0 Å². The molecule has 1 aromatic carbocycles. The van der Waals surface area contributed by atoms with Crippen LogP contribution in [0.4, 0.5) is 0 Å². The van der Waals surface area contributed by atoms with Crippen LogP contribution in [0.1, 0.15) is 43.2 Å². The summed E-state index contributed by atoms with van der Waals surface area (Å²) in [5.74, 6) is 0. The number of hydrogen-bond donors (Lipinski definition) is 1. The number of hydrogen-bond acceptors (Lipinski definition) is 3. The summed E-state index contributed by atoms with van der Waals surface area (Å²) in [6, 6.07) is 11.7. The Morgan fingerprint density at radius 1 is 1.25 bits per heavy atom. The van der Waals surface area contributed by atoms with Gasteiger partial charge in [0, 0.05) is 18.6 Å². The molecule has 0 spiro atoms. The second kappa shape index (κ2) is 6.39. The second-order valence-corrected chi connectivity index (χ2v) is 6.05. The van der Waals surface area contributed by atoms with Gasteiger partial charge in [0.2, 0.25) is 0 Å². The van der Waals surface area contributed by atoms with Gasteiger partial charge < -0.3 is 5.32 Å². The number of nitriles is 1. The van der Waals surface area contributed by atoms with Crippen LogP contribution in [0, 0.1) is 11.3 Å². The number of piperidine rings is 1. The molecule has 3 heteroatoms. The summed E-state index contributed by atoms with van der Waals surface area (Å²) in [6.45, 7) is 3.36. The third-order valence-electron chi connectivity index (χ3n) is 4.67. The van der Waals surface area contributed by atoms with Gasteiger partial charge in [-0.2, -0.15) is 5.26 Å². The van der Waals surface area contributed by atoms with Gasteiger partial charge in [-0.05, 0) is 56.5 Å². The van der Waals surface area contributed by atoms with E-state index in [1.165, 1.54) is 50.8 Å². The average molecular weight is 269 g/mol. The first-order valence-electron chi connectivity index (χ1n) is 7.83. The van der Waals surface area contributed by atoms with Crippen molar-refractivity contribution < 1.29 is 0 Å². The lowest BCUT2D eigenvalue weighted by Gasteiger charge is -2.39. The Bertz CT molecular complexity index is 485. The second-order valence-electron chi connectivity index (χ2n) is 6.05. The molecule has 0 radical (unpaired) electrons. The number of rotatable bonds is 3. The van der Waals surface area contributed by atoms with E-state index in [-0.39, 0.29) is 0 Å². The minimum atomic E-state index is 0.675. The maximum atomic E-state index is 9.02. The van der Waals surface area contributed by atoms with E-state index in [1.807, 2.05) is 18.2 Å². The smallest absolute Gasteiger partial charge is 0.0991 e. The van der Waals surface area contributed by atoms with Crippen LogP contribution in [0.5, 0.6) is 0 Å². The van der Waals surface area contributed by atoms with Gasteiger partial charge in [-0.3, -0.25) is 4.90 Å². The largest absolute Gasteiger partial charge is 0.312 e. The van der Waals surface area contributed by atoms with Crippen molar-refractivity contribution >= 4 is 0 Å². The van der Waals surface area contributed by atoms with Crippen molar-refractivity contribution in [1.29, 1.82) is 5.26 Å². The molecule has 106 valence electrons. The maximum absolute atomic E-state index is 9.02. The van der Waals surface area contributed by atoms with Gasteiger partial charge in [0.05, 0.1) is 11.6 Å². The van der Waals surface area contributed by atoms with Crippen molar-refractivity contribution in [1.82, 2.24) is 10.2 Å². The predicted octanol–water partition coefficient (Wildman–Crippen LogP) is 2.66. The van der Waals surface area contributed by atoms with E-state index in [4.69, 9.17) is 5.26 Å². The summed E-state index contributed by atoms with van der Waals surface area (Å²) in [5, 5.41) is 12.7. The number of benzene rings is 1. The molecule has 0 bridgehead atoms. The predicted molar refractivity (Wildman–Crippen MR) is 80.2 cm³/mol. The molecule has 0 amide bonds. The molecule has 0 aromatic heterocycles. The third-order valence-corrected chi connectivity index (χ3v) is 4.67. The summed E-state index contributed by atoms with van der Waals surface area (Å²) >= 11 is 0. The molecule has 1 N–H and O–H groups in total. The highest BCUT2D eigenvalue weighted by Gasteiger charge is 2.31. The Kier molecular flexibility index (Phi) is 4.34. The zero-order valence-corrected chi connectivity index (χ0v) is 12.0. The average Bonchev–Trinajstić information content (AvgIpc) is 3.02. The molecular formula is C17H23N3. The van der Waals surface area contributed by atoms with Gasteiger partial charge in [-0.25, -0.2) is 0 Å². The standard InChI is InChI=1S/C17H23N3/c18-12-14-5-3-6-15(11-14)13-20-10-2-1-8-17(20)16-7-4-9-19-16/h3,5-6,11,16-17,19H,1-2,4,7-10,13H2. The van der Waals surface area contributed by atoms with E-state index >= 15 is 0 Å². The Hall–Kier alpha value is -1.37. The van der Waals surface area contributed by atoms with Crippen molar-refractivity contribution in [3.05, 3.63) is 35.4 Å². The van der Waals surface area contributed by atoms with Crippen molar-refractivity contribution in [3.8, 4) is 6.07 Å². The molecule has 2 saturated heterocycles. The van der Waals surface area contributed by atoms with E-state index in [1.54, 1.807) is 0 Å². The molecule has 3 nitrogen and oxygen atoms in total. The SMILES string of the molecule is N#Cc1cccc(CN2CCCCC2C2CCCN2)c1. The molecule has 2 unspecified atom stereocenters. The lowest BCUT2D eigenvalue weighted by Crippen LogP contribution is -2.49. The van der Waals surface area contributed by atoms with Gasteiger partial charge >= 0.3 is 0 Å². The van der Waals surface area contributed by atoms with Crippen LogP contribution in [-0.2, 0) is 6.54 Å². The molecule has 2 heterocycles. The van der Waals surface area contributed by atoms with Crippen LogP contribution in [0.15, 0.2) is 24.3 Å². The molecule has 2 fully saturated rings. The number of likely N-dealkylation sites (tertiary alicyclic amines) is 1. The topological polar surface area (TPSA) is 39.1 Å². The van der Waals surface area contributed by atoms with Crippen LogP contribution < -0.4 is 5.32 Å². The van der Waals surface area contributed by atoms with E-state index in [0.29, 0.717) is 12.1 Å². The molecule has 20 heavy (non-hydrogen) atoms. The van der Waals surface area contributed by atoms with E-state index < -0.39 is 0 Å². The molecule has 2 aliphatic rings. The molecule has 1 aromatic rings. The van der Waals surface area contributed by atoms with E-state index in [0.717, 1.165) is 12.1 Å². The first kappa shape index (κ1) is 13.6. The van der Waals surface area contributed by atoms with Crippen molar-refractivity contribution in [3.63, 3.8) is 0 Å². The highest BCUT2D eigenvalue weighted by atomic mass is 15.2. The van der Waals surface area contributed by atoms with Crippen LogP contribution in [0.2, 0.25) is 0 Å². The fourth-order valence-electron chi connectivity index (χ4n) is 3.68. The third kappa shape index (κ3) is 3.03. The Morgan fingerprint density at radius 3 is 3.00 bits per heavy atom. The summed E-state index contributed by atoms with van der Waals surface area (Å²) < 4.78 is 0.